The van der Waals surface area contributed by atoms with Gasteiger partial charge >= 0.3 is 0 Å². The first-order chi connectivity index (χ1) is 14.0. The summed E-state index contributed by atoms with van der Waals surface area (Å²) >= 11 is 0. The number of allylic oxidation sites excluding steroid dienone is 1. The Morgan fingerprint density at radius 2 is 2.07 bits per heavy atom. The molecular weight excluding hydrogens is 367 g/mol. The normalized spacial score (nSPS) is 13.4. The second-order valence-electron chi connectivity index (χ2n) is 6.79. The Labute approximate surface area is 169 Å². The lowest BCUT2D eigenvalue weighted by Crippen LogP contribution is -2.12. The number of hydrogen-bond acceptors (Lipinski definition) is 5. The van der Waals surface area contributed by atoms with E-state index in [2.05, 4.69) is 43.9 Å². The number of hydrogen-bond donors (Lipinski definition) is 1. The van der Waals surface area contributed by atoms with Crippen molar-refractivity contribution in [1.82, 2.24) is 15.0 Å². The topological polar surface area (TPSA) is 75.4 Å². The van der Waals surface area contributed by atoms with Gasteiger partial charge in [0, 0.05) is 30.1 Å². The summed E-state index contributed by atoms with van der Waals surface area (Å²) in [5.41, 5.74) is 3.54. The maximum atomic E-state index is 13.5. The average molecular weight is 390 g/mol. The van der Waals surface area contributed by atoms with Gasteiger partial charge < -0.3 is 5.32 Å². The Morgan fingerprint density at radius 3 is 2.86 bits per heavy atom. The van der Waals surface area contributed by atoms with Crippen LogP contribution in [0.1, 0.15) is 37.9 Å². The third kappa shape index (κ3) is 5.07. The number of benzene rings is 1. The standard InChI is InChI=1S/C22H23FN6/c1-14(19-7-5-6-17-8-18(23)12-27-22(17)19)10-26-21-9-20(28-13-29-21)15(2)11-25-16(3)24-4/h5-9,11-14H,4,10H2,1-3H3,(H,26,28,29)/b15-11+,25-16?/t14-/m1/s1. The molecule has 0 radical (unpaired) electrons. The van der Waals surface area contributed by atoms with Crippen LogP contribution >= 0.6 is 0 Å². The van der Waals surface area contributed by atoms with Gasteiger partial charge in [-0.3, -0.25) is 4.98 Å². The van der Waals surface area contributed by atoms with E-state index in [1.54, 1.807) is 13.1 Å². The second kappa shape index (κ2) is 9.14. The van der Waals surface area contributed by atoms with Gasteiger partial charge in [-0.2, -0.15) is 0 Å². The highest BCUT2D eigenvalue weighted by molar-refractivity contribution is 5.85. The van der Waals surface area contributed by atoms with Crippen molar-refractivity contribution in [3.63, 3.8) is 0 Å². The van der Waals surface area contributed by atoms with Crippen LogP contribution in [0.5, 0.6) is 0 Å². The molecule has 1 aromatic carbocycles. The molecule has 0 aliphatic carbocycles. The van der Waals surface area contributed by atoms with Crippen molar-refractivity contribution in [2.45, 2.75) is 26.7 Å². The minimum atomic E-state index is -0.333. The smallest absolute Gasteiger partial charge is 0.142 e. The summed E-state index contributed by atoms with van der Waals surface area (Å²) in [5, 5.41) is 4.14. The number of aromatic nitrogens is 3. The summed E-state index contributed by atoms with van der Waals surface area (Å²) < 4.78 is 13.5. The zero-order valence-corrected chi connectivity index (χ0v) is 16.7. The molecule has 0 spiro atoms. The number of para-hydroxylation sites is 1. The van der Waals surface area contributed by atoms with Crippen LogP contribution in [-0.4, -0.2) is 34.0 Å². The third-order valence-corrected chi connectivity index (χ3v) is 4.57. The highest BCUT2D eigenvalue weighted by atomic mass is 19.1. The van der Waals surface area contributed by atoms with Crippen LogP contribution in [0.25, 0.3) is 16.5 Å². The van der Waals surface area contributed by atoms with Gasteiger partial charge in [-0.05, 0) is 37.8 Å². The molecule has 0 saturated carbocycles. The molecule has 3 rings (SSSR count). The SMILES string of the molecule is C=NC(C)=N/C=C(\C)c1cc(NC[C@@H](C)c2cccc3cc(F)cnc23)ncn1. The molecular formula is C22H23FN6. The number of pyridine rings is 1. The van der Waals surface area contributed by atoms with E-state index in [-0.39, 0.29) is 11.7 Å². The molecule has 2 aromatic heterocycles. The molecule has 1 atom stereocenters. The summed E-state index contributed by atoms with van der Waals surface area (Å²) in [6.07, 6.45) is 4.48. The first-order valence-corrected chi connectivity index (χ1v) is 9.26. The fraction of sp³-hybridized carbons (Fsp3) is 0.227. The summed E-state index contributed by atoms with van der Waals surface area (Å²) in [6.45, 7) is 9.90. The highest BCUT2D eigenvalue weighted by Gasteiger charge is 2.11. The zero-order chi connectivity index (χ0) is 20.8. The Balaban J connectivity index is 1.74. The minimum Gasteiger partial charge on any atom is -0.369 e. The van der Waals surface area contributed by atoms with Crippen LogP contribution in [0.15, 0.2) is 59.0 Å². The van der Waals surface area contributed by atoms with Crippen LogP contribution < -0.4 is 5.32 Å². The predicted octanol–water partition coefficient (Wildman–Crippen LogP) is 4.86. The maximum Gasteiger partial charge on any atom is 0.142 e. The van der Waals surface area contributed by atoms with Crippen LogP contribution in [-0.2, 0) is 0 Å². The fourth-order valence-electron chi connectivity index (χ4n) is 2.89. The lowest BCUT2D eigenvalue weighted by atomic mass is 9.98. The first kappa shape index (κ1) is 20.3. The van der Waals surface area contributed by atoms with E-state index in [4.69, 9.17) is 0 Å². The van der Waals surface area contributed by atoms with Gasteiger partial charge in [-0.15, -0.1) is 0 Å². The fourth-order valence-corrected chi connectivity index (χ4v) is 2.89. The van der Waals surface area contributed by atoms with Gasteiger partial charge in [-0.25, -0.2) is 24.3 Å². The van der Waals surface area contributed by atoms with E-state index in [1.807, 2.05) is 31.2 Å². The quantitative estimate of drug-likeness (QED) is 0.482. The van der Waals surface area contributed by atoms with Gasteiger partial charge in [-0.1, -0.05) is 25.1 Å². The zero-order valence-electron chi connectivity index (χ0n) is 16.7. The van der Waals surface area contributed by atoms with Crippen molar-refractivity contribution < 1.29 is 4.39 Å². The number of nitrogens with zero attached hydrogens (tertiary/aromatic N) is 5. The van der Waals surface area contributed by atoms with E-state index in [0.29, 0.717) is 12.4 Å². The number of fused-ring (bicyclic) bond motifs is 1. The Bertz CT molecular complexity index is 1090. The molecule has 0 unspecified atom stereocenters. The average Bonchev–Trinajstić information content (AvgIpc) is 2.75. The van der Waals surface area contributed by atoms with Crippen LogP contribution in [0.2, 0.25) is 0 Å². The summed E-state index contributed by atoms with van der Waals surface area (Å²) in [4.78, 5) is 20.8. The Kier molecular flexibility index (Phi) is 6.39. The molecule has 148 valence electrons. The molecule has 0 aliphatic heterocycles. The van der Waals surface area contributed by atoms with Crippen molar-refractivity contribution in [3.8, 4) is 0 Å². The van der Waals surface area contributed by atoms with Crippen LogP contribution in [0.3, 0.4) is 0 Å². The van der Waals surface area contributed by atoms with E-state index in [0.717, 1.165) is 33.6 Å². The lowest BCUT2D eigenvalue weighted by molar-refractivity contribution is 0.624. The van der Waals surface area contributed by atoms with Crippen molar-refractivity contribution in [2.75, 3.05) is 11.9 Å². The van der Waals surface area contributed by atoms with Gasteiger partial charge in [0.05, 0.1) is 17.4 Å². The molecule has 29 heavy (non-hydrogen) atoms. The van der Waals surface area contributed by atoms with Crippen LogP contribution in [0, 0.1) is 5.82 Å². The highest BCUT2D eigenvalue weighted by Crippen LogP contribution is 2.25. The van der Waals surface area contributed by atoms with E-state index >= 15 is 0 Å². The molecule has 6 nitrogen and oxygen atoms in total. The van der Waals surface area contributed by atoms with E-state index < -0.39 is 0 Å². The second-order valence-corrected chi connectivity index (χ2v) is 6.79. The first-order valence-electron chi connectivity index (χ1n) is 9.26. The van der Waals surface area contributed by atoms with E-state index in [1.165, 1.54) is 18.6 Å². The summed E-state index contributed by atoms with van der Waals surface area (Å²) in [6, 6.07) is 9.19. The molecule has 7 heteroatoms. The summed E-state index contributed by atoms with van der Waals surface area (Å²) in [7, 11) is 0. The molecule has 0 fully saturated rings. The van der Waals surface area contributed by atoms with Crippen molar-refractivity contribution in [2.24, 2.45) is 9.98 Å². The van der Waals surface area contributed by atoms with Crippen molar-refractivity contribution in [1.29, 1.82) is 0 Å². The van der Waals surface area contributed by atoms with Crippen molar-refractivity contribution in [3.05, 3.63) is 66.1 Å². The number of nitrogens with one attached hydrogen (secondary N) is 1. The van der Waals surface area contributed by atoms with E-state index in [9.17, 15) is 4.39 Å². The third-order valence-electron chi connectivity index (χ3n) is 4.57. The predicted molar refractivity (Wildman–Crippen MR) is 117 cm³/mol. The molecule has 2 heterocycles. The largest absolute Gasteiger partial charge is 0.369 e. The molecule has 3 aromatic rings. The number of aliphatic imine (C=N–C) groups is 2. The minimum absolute atomic E-state index is 0.151. The number of amidine groups is 1. The Hall–Kier alpha value is -3.48. The maximum absolute atomic E-state index is 13.5. The monoisotopic (exact) mass is 390 g/mol. The molecule has 0 saturated heterocycles. The molecule has 0 bridgehead atoms. The molecule has 0 aliphatic rings. The van der Waals surface area contributed by atoms with Gasteiger partial charge in [0.2, 0.25) is 0 Å². The van der Waals surface area contributed by atoms with Gasteiger partial charge in [0.15, 0.2) is 0 Å². The van der Waals surface area contributed by atoms with Gasteiger partial charge in [0.25, 0.3) is 0 Å². The lowest BCUT2D eigenvalue weighted by Gasteiger charge is -2.15. The number of rotatable bonds is 6. The number of anilines is 1. The Morgan fingerprint density at radius 1 is 1.24 bits per heavy atom. The molecule has 0 amide bonds. The van der Waals surface area contributed by atoms with Crippen LogP contribution in [0.4, 0.5) is 10.2 Å². The number of halogens is 1. The van der Waals surface area contributed by atoms with Crippen molar-refractivity contribution >= 4 is 34.8 Å². The van der Waals surface area contributed by atoms with Gasteiger partial charge in [0.1, 0.15) is 23.8 Å². The molecule has 1 N–H and O–H groups in total. The summed E-state index contributed by atoms with van der Waals surface area (Å²) in [5.74, 6) is 1.13.